The molecule has 0 fully saturated rings. The minimum Gasteiger partial charge on any atom is -0.493 e. The van der Waals surface area contributed by atoms with Gasteiger partial charge in [0.25, 0.3) is 0 Å². The van der Waals surface area contributed by atoms with Crippen molar-refractivity contribution in [2.45, 2.75) is 25.2 Å². The minimum atomic E-state index is -3.47. The average molecular weight is 376 g/mol. The van der Waals surface area contributed by atoms with E-state index in [9.17, 15) is 13.2 Å². The Hall–Kier alpha value is -2.38. The van der Waals surface area contributed by atoms with Crippen molar-refractivity contribution in [1.82, 2.24) is 4.31 Å². The Kier molecular flexibility index (Phi) is 6.39. The number of amides is 1. The third kappa shape index (κ3) is 5.31. The van der Waals surface area contributed by atoms with Crippen molar-refractivity contribution >= 4 is 21.6 Å². The first-order valence-electron chi connectivity index (χ1n) is 8.22. The lowest BCUT2D eigenvalue weighted by Crippen LogP contribution is -2.22. The van der Waals surface area contributed by atoms with E-state index in [0.717, 1.165) is 21.2 Å². The number of nitrogens with zero attached hydrogens (tertiary/aromatic N) is 1. The summed E-state index contributed by atoms with van der Waals surface area (Å²) in [6, 6.07) is 12.0. The van der Waals surface area contributed by atoms with Gasteiger partial charge < -0.3 is 10.1 Å². The molecule has 26 heavy (non-hydrogen) atoms. The summed E-state index contributed by atoms with van der Waals surface area (Å²) in [4.78, 5) is 12.2. The lowest BCUT2D eigenvalue weighted by molar-refractivity contribution is -0.116. The fourth-order valence-corrected chi connectivity index (χ4v) is 3.32. The molecule has 0 bridgehead atoms. The molecule has 0 radical (unpaired) electrons. The third-order valence-corrected chi connectivity index (χ3v) is 5.54. The lowest BCUT2D eigenvalue weighted by atomic mass is 10.1. The quantitative estimate of drug-likeness (QED) is 0.806. The number of carbonyl (C=O) groups excluding carboxylic acids is 1. The fourth-order valence-electron chi connectivity index (χ4n) is 2.42. The molecule has 2 aromatic rings. The summed E-state index contributed by atoms with van der Waals surface area (Å²) in [6.45, 7) is 4.25. The zero-order valence-corrected chi connectivity index (χ0v) is 16.3. The summed E-state index contributed by atoms with van der Waals surface area (Å²) < 4.78 is 30.8. The molecule has 0 heterocycles. The number of benzene rings is 2. The van der Waals surface area contributed by atoms with E-state index in [0.29, 0.717) is 5.69 Å². The Morgan fingerprint density at radius 2 is 1.62 bits per heavy atom. The average Bonchev–Trinajstić information content (AvgIpc) is 2.54. The number of rotatable bonds is 7. The molecule has 0 saturated carbocycles. The maximum Gasteiger partial charge on any atom is 0.242 e. The number of nitrogens with one attached hydrogen (secondary N) is 1. The maximum absolute atomic E-state index is 12.0. The predicted molar refractivity (Wildman–Crippen MR) is 102 cm³/mol. The van der Waals surface area contributed by atoms with Crippen molar-refractivity contribution in [2.24, 2.45) is 0 Å². The smallest absolute Gasteiger partial charge is 0.242 e. The molecule has 0 aliphatic heterocycles. The summed E-state index contributed by atoms with van der Waals surface area (Å²) in [7, 11) is -0.528. The maximum atomic E-state index is 12.0. The van der Waals surface area contributed by atoms with Crippen LogP contribution in [-0.2, 0) is 14.8 Å². The van der Waals surface area contributed by atoms with Gasteiger partial charge in [-0.25, -0.2) is 12.7 Å². The van der Waals surface area contributed by atoms with Crippen molar-refractivity contribution in [1.29, 1.82) is 0 Å². The minimum absolute atomic E-state index is 0.179. The highest BCUT2D eigenvalue weighted by atomic mass is 32.2. The first-order chi connectivity index (χ1) is 12.2. The number of sulfonamides is 1. The molecule has 1 N–H and O–H groups in total. The summed E-state index contributed by atoms with van der Waals surface area (Å²) in [5.41, 5.74) is 2.76. The number of anilines is 1. The van der Waals surface area contributed by atoms with Crippen LogP contribution in [0.1, 0.15) is 17.5 Å². The molecule has 0 saturated heterocycles. The number of hydrogen-bond donors (Lipinski definition) is 1. The largest absolute Gasteiger partial charge is 0.493 e. The van der Waals surface area contributed by atoms with Crippen LogP contribution in [0.3, 0.4) is 0 Å². The third-order valence-electron chi connectivity index (χ3n) is 3.71. The fraction of sp³-hybridized carbons (Fsp3) is 0.316. The Morgan fingerprint density at radius 3 is 2.15 bits per heavy atom. The van der Waals surface area contributed by atoms with Crippen LogP contribution in [0.5, 0.6) is 5.75 Å². The summed E-state index contributed by atoms with van der Waals surface area (Å²) in [6.07, 6.45) is 0.199. The van der Waals surface area contributed by atoms with E-state index >= 15 is 0 Å². The highest BCUT2D eigenvalue weighted by Gasteiger charge is 2.16. The van der Waals surface area contributed by atoms with Gasteiger partial charge in [-0.3, -0.25) is 4.79 Å². The molecule has 0 aromatic heterocycles. The molecule has 6 nitrogen and oxygen atoms in total. The summed E-state index contributed by atoms with van der Waals surface area (Å²) in [5, 5.41) is 2.73. The van der Waals surface area contributed by atoms with Crippen LogP contribution >= 0.6 is 0 Å². The molecular weight excluding hydrogens is 352 g/mol. The van der Waals surface area contributed by atoms with E-state index in [2.05, 4.69) is 11.4 Å². The second kappa shape index (κ2) is 8.33. The molecule has 2 rings (SSSR count). The van der Waals surface area contributed by atoms with Gasteiger partial charge in [0.15, 0.2) is 0 Å². The van der Waals surface area contributed by atoms with E-state index in [-0.39, 0.29) is 23.8 Å². The van der Waals surface area contributed by atoms with E-state index in [4.69, 9.17) is 4.74 Å². The van der Waals surface area contributed by atoms with Crippen molar-refractivity contribution < 1.29 is 17.9 Å². The van der Waals surface area contributed by atoms with Crippen LogP contribution in [0.4, 0.5) is 5.69 Å². The summed E-state index contributed by atoms with van der Waals surface area (Å²) >= 11 is 0. The Bertz CT molecular complexity index is 855. The molecule has 2 aromatic carbocycles. The zero-order valence-electron chi connectivity index (χ0n) is 15.4. The molecule has 0 atom stereocenters. The van der Waals surface area contributed by atoms with Gasteiger partial charge in [0, 0.05) is 19.8 Å². The second-order valence-electron chi connectivity index (χ2n) is 6.28. The number of ether oxygens (including phenoxy) is 1. The van der Waals surface area contributed by atoms with Crippen molar-refractivity contribution in [3.05, 3.63) is 53.6 Å². The molecule has 140 valence electrons. The molecular formula is C19H24N2O4S. The highest BCUT2D eigenvalue weighted by Crippen LogP contribution is 2.18. The van der Waals surface area contributed by atoms with Crippen molar-refractivity contribution in [2.75, 3.05) is 26.0 Å². The van der Waals surface area contributed by atoms with Crippen LogP contribution in [0.2, 0.25) is 0 Å². The first-order valence-corrected chi connectivity index (χ1v) is 9.66. The van der Waals surface area contributed by atoms with E-state index in [1.54, 1.807) is 12.1 Å². The van der Waals surface area contributed by atoms with Crippen LogP contribution in [0.25, 0.3) is 0 Å². The van der Waals surface area contributed by atoms with E-state index < -0.39 is 10.0 Å². The lowest BCUT2D eigenvalue weighted by Gasteiger charge is -2.12. The van der Waals surface area contributed by atoms with Gasteiger partial charge in [-0.2, -0.15) is 0 Å². The molecule has 7 heteroatoms. The normalized spacial score (nSPS) is 11.4. The SMILES string of the molecule is Cc1cc(C)cc(OCCC(=O)Nc2ccc(S(=O)(=O)N(C)C)cc2)c1. The monoisotopic (exact) mass is 376 g/mol. The Morgan fingerprint density at radius 1 is 1.04 bits per heavy atom. The van der Waals surface area contributed by atoms with Gasteiger partial charge >= 0.3 is 0 Å². The van der Waals surface area contributed by atoms with Gasteiger partial charge in [-0.15, -0.1) is 0 Å². The standard InChI is InChI=1S/C19H24N2O4S/c1-14-11-15(2)13-17(12-14)25-10-9-19(22)20-16-5-7-18(8-6-16)26(23,24)21(3)4/h5-8,11-13H,9-10H2,1-4H3,(H,20,22). The molecule has 0 aliphatic rings. The van der Waals surface area contributed by atoms with E-state index in [1.165, 1.54) is 26.2 Å². The molecule has 0 spiro atoms. The van der Waals surface area contributed by atoms with Crippen LogP contribution < -0.4 is 10.1 Å². The van der Waals surface area contributed by atoms with Crippen molar-refractivity contribution in [3.63, 3.8) is 0 Å². The zero-order chi connectivity index (χ0) is 19.3. The van der Waals surface area contributed by atoms with Crippen LogP contribution in [0, 0.1) is 13.8 Å². The highest BCUT2D eigenvalue weighted by molar-refractivity contribution is 7.89. The Labute approximate surface area is 154 Å². The number of carbonyl (C=O) groups is 1. The van der Waals surface area contributed by atoms with Gasteiger partial charge in [0.2, 0.25) is 15.9 Å². The van der Waals surface area contributed by atoms with Crippen LogP contribution in [-0.4, -0.2) is 39.3 Å². The summed E-state index contributed by atoms with van der Waals surface area (Å²) in [5.74, 6) is 0.547. The topological polar surface area (TPSA) is 75.7 Å². The molecule has 0 aliphatic carbocycles. The van der Waals surface area contributed by atoms with Crippen molar-refractivity contribution in [3.8, 4) is 5.75 Å². The van der Waals surface area contributed by atoms with Crippen LogP contribution in [0.15, 0.2) is 47.4 Å². The molecule has 0 unspecified atom stereocenters. The van der Waals surface area contributed by atoms with Gasteiger partial charge in [0.05, 0.1) is 17.9 Å². The van der Waals surface area contributed by atoms with Gasteiger partial charge in [-0.1, -0.05) is 6.07 Å². The van der Waals surface area contributed by atoms with E-state index in [1.807, 2.05) is 26.0 Å². The van der Waals surface area contributed by atoms with Gasteiger partial charge in [-0.05, 0) is 61.4 Å². The molecule has 1 amide bonds. The second-order valence-corrected chi connectivity index (χ2v) is 8.43. The first kappa shape index (κ1) is 19.9. The Balaban J connectivity index is 1.88. The van der Waals surface area contributed by atoms with Gasteiger partial charge in [0.1, 0.15) is 5.75 Å². The predicted octanol–water partition coefficient (Wildman–Crippen LogP) is 2.96. The number of aryl methyl sites for hydroxylation is 2. The number of hydrogen-bond acceptors (Lipinski definition) is 4.